The van der Waals surface area contributed by atoms with Gasteiger partial charge in [0.25, 0.3) is 0 Å². The van der Waals surface area contributed by atoms with Gasteiger partial charge in [-0.3, -0.25) is 4.79 Å². The number of furan rings is 1. The van der Waals surface area contributed by atoms with Crippen LogP contribution in [-0.2, 0) is 6.61 Å². The summed E-state index contributed by atoms with van der Waals surface area (Å²) in [6.07, 6.45) is 3.06. The molecule has 2 aromatic carbocycles. The van der Waals surface area contributed by atoms with Crippen molar-refractivity contribution in [2.75, 3.05) is 14.2 Å². The van der Waals surface area contributed by atoms with E-state index >= 15 is 0 Å². The first-order valence-electron chi connectivity index (χ1n) is 8.40. The molecular weight excluding hydrogens is 344 g/mol. The number of carbonyl (C=O) groups is 1. The number of benzene rings is 2. The Hall–Kier alpha value is -3.47. The fourth-order valence-electron chi connectivity index (χ4n) is 2.49. The first-order valence-corrected chi connectivity index (χ1v) is 8.40. The number of hydrogen-bond acceptors (Lipinski definition) is 5. The first-order chi connectivity index (χ1) is 13.2. The van der Waals surface area contributed by atoms with Crippen LogP contribution in [-0.4, -0.2) is 20.0 Å². The maximum Gasteiger partial charge on any atom is 0.189 e. The van der Waals surface area contributed by atoms with E-state index in [0.717, 1.165) is 5.75 Å². The summed E-state index contributed by atoms with van der Waals surface area (Å²) in [6.45, 7) is 0.315. The van der Waals surface area contributed by atoms with Crippen LogP contribution in [0.5, 0.6) is 17.2 Å². The van der Waals surface area contributed by atoms with E-state index in [9.17, 15) is 4.79 Å². The van der Waals surface area contributed by atoms with Crippen molar-refractivity contribution in [3.8, 4) is 17.2 Å². The largest absolute Gasteiger partial charge is 0.497 e. The number of allylic oxidation sites excluding steroid dienone is 1. The van der Waals surface area contributed by atoms with Gasteiger partial charge in [-0.2, -0.15) is 0 Å². The lowest BCUT2D eigenvalue weighted by Crippen LogP contribution is -1.99. The van der Waals surface area contributed by atoms with Crippen LogP contribution in [0.15, 0.2) is 71.2 Å². The molecule has 0 aliphatic heterocycles. The van der Waals surface area contributed by atoms with E-state index in [1.165, 1.54) is 13.2 Å². The summed E-state index contributed by atoms with van der Waals surface area (Å²) in [4.78, 5) is 12.5. The number of para-hydroxylation sites is 1. The second-order valence-corrected chi connectivity index (χ2v) is 5.67. The smallest absolute Gasteiger partial charge is 0.189 e. The van der Waals surface area contributed by atoms with E-state index in [2.05, 4.69) is 0 Å². The van der Waals surface area contributed by atoms with Crippen LogP contribution < -0.4 is 14.2 Å². The van der Waals surface area contributed by atoms with Gasteiger partial charge in [-0.05, 0) is 54.6 Å². The quantitative estimate of drug-likeness (QED) is 0.426. The molecule has 0 saturated heterocycles. The van der Waals surface area contributed by atoms with Crippen molar-refractivity contribution < 1.29 is 23.4 Å². The molecule has 0 aliphatic carbocycles. The van der Waals surface area contributed by atoms with Gasteiger partial charge in [0.15, 0.2) is 5.78 Å². The molecule has 5 nitrogen and oxygen atoms in total. The molecular formula is C22H20O5. The summed E-state index contributed by atoms with van der Waals surface area (Å²) in [5, 5.41) is 0. The molecule has 3 rings (SSSR count). The highest BCUT2D eigenvalue weighted by atomic mass is 16.5. The number of rotatable bonds is 8. The van der Waals surface area contributed by atoms with Crippen molar-refractivity contribution >= 4 is 11.9 Å². The van der Waals surface area contributed by atoms with Gasteiger partial charge in [-0.1, -0.05) is 18.2 Å². The van der Waals surface area contributed by atoms with Crippen LogP contribution in [0.3, 0.4) is 0 Å². The van der Waals surface area contributed by atoms with Crippen molar-refractivity contribution in [1.82, 2.24) is 0 Å². The minimum atomic E-state index is -0.204. The third kappa shape index (κ3) is 4.79. The van der Waals surface area contributed by atoms with Gasteiger partial charge in [-0.15, -0.1) is 0 Å². The fraction of sp³-hybridized carbons (Fsp3) is 0.136. The normalized spacial score (nSPS) is 10.7. The second-order valence-electron chi connectivity index (χ2n) is 5.67. The van der Waals surface area contributed by atoms with E-state index in [0.29, 0.717) is 35.2 Å². The van der Waals surface area contributed by atoms with Crippen LogP contribution in [0.4, 0.5) is 0 Å². The molecule has 0 N–H and O–H groups in total. The maximum absolute atomic E-state index is 12.5. The average molecular weight is 364 g/mol. The lowest BCUT2D eigenvalue weighted by Gasteiger charge is -2.07. The van der Waals surface area contributed by atoms with Gasteiger partial charge in [-0.25, -0.2) is 0 Å². The Bertz CT molecular complexity index is 925. The average Bonchev–Trinajstić information content (AvgIpc) is 3.18. The zero-order chi connectivity index (χ0) is 19.1. The lowest BCUT2D eigenvalue weighted by molar-refractivity contribution is 0.104. The zero-order valence-corrected chi connectivity index (χ0v) is 15.2. The molecule has 0 fully saturated rings. The van der Waals surface area contributed by atoms with E-state index in [1.54, 1.807) is 37.5 Å². The molecule has 3 aromatic rings. The van der Waals surface area contributed by atoms with Crippen LogP contribution in [0.25, 0.3) is 6.08 Å². The molecule has 5 heteroatoms. The highest BCUT2D eigenvalue weighted by Crippen LogP contribution is 2.25. The molecule has 0 aliphatic rings. The molecule has 0 atom stereocenters. The Balaban J connectivity index is 1.66. The molecule has 0 unspecified atom stereocenters. The number of ether oxygens (including phenoxy) is 3. The molecule has 0 radical (unpaired) electrons. The van der Waals surface area contributed by atoms with Crippen molar-refractivity contribution in [2.24, 2.45) is 0 Å². The Morgan fingerprint density at radius 1 is 0.963 bits per heavy atom. The van der Waals surface area contributed by atoms with E-state index in [4.69, 9.17) is 18.6 Å². The summed E-state index contributed by atoms with van der Waals surface area (Å²) in [6, 6.07) is 18.2. The highest BCUT2D eigenvalue weighted by Gasteiger charge is 2.11. The summed E-state index contributed by atoms with van der Waals surface area (Å²) in [7, 11) is 3.07. The third-order valence-electron chi connectivity index (χ3n) is 3.88. The van der Waals surface area contributed by atoms with Crippen LogP contribution in [0.2, 0.25) is 0 Å². The van der Waals surface area contributed by atoms with Crippen molar-refractivity contribution in [2.45, 2.75) is 6.61 Å². The zero-order valence-electron chi connectivity index (χ0n) is 15.2. The molecule has 27 heavy (non-hydrogen) atoms. The Morgan fingerprint density at radius 3 is 2.52 bits per heavy atom. The van der Waals surface area contributed by atoms with Crippen molar-refractivity contribution in [3.05, 3.63) is 83.8 Å². The van der Waals surface area contributed by atoms with Crippen LogP contribution >= 0.6 is 0 Å². The molecule has 0 saturated carbocycles. The van der Waals surface area contributed by atoms with Gasteiger partial charge in [0, 0.05) is 0 Å². The van der Waals surface area contributed by atoms with Gasteiger partial charge >= 0.3 is 0 Å². The summed E-state index contributed by atoms with van der Waals surface area (Å²) >= 11 is 0. The third-order valence-corrected chi connectivity index (χ3v) is 3.88. The number of ketones is 1. The first kappa shape index (κ1) is 18.3. The van der Waals surface area contributed by atoms with Gasteiger partial charge in [0.2, 0.25) is 0 Å². The van der Waals surface area contributed by atoms with Gasteiger partial charge in [0.1, 0.15) is 35.4 Å². The predicted octanol–water partition coefficient (Wildman–Crippen LogP) is 4.77. The van der Waals surface area contributed by atoms with Crippen LogP contribution in [0.1, 0.15) is 21.9 Å². The topological polar surface area (TPSA) is 57.9 Å². The lowest BCUT2D eigenvalue weighted by atomic mass is 10.1. The molecule has 1 heterocycles. The minimum absolute atomic E-state index is 0.204. The summed E-state index contributed by atoms with van der Waals surface area (Å²) in [5.74, 6) is 2.88. The molecule has 0 amide bonds. The maximum atomic E-state index is 12.5. The SMILES string of the molecule is COc1ccc(OC)c(C(=O)/C=C/c2ccc(COc3ccccc3)o2)c1. The summed E-state index contributed by atoms with van der Waals surface area (Å²) < 4.78 is 21.7. The Kier molecular flexibility index (Phi) is 5.94. The van der Waals surface area contributed by atoms with Crippen molar-refractivity contribution in [3.63, 3.8) is 0 Å². The minimum Gasteiger partial charge on any atom is -0.497 e. The fourth-order valence-corrected chi connectivity index (χ4v) is 2.49. The highest BCUT2D eigenvalue weighted by molar-refractivity contribution is 6.08. The number of carbonyl (C=O) groups excluding carboxylic acids is 1. The number of methoxy groups -OCH3 is 2. The number of hydrogen-bond donors (Lipinski definition) is 0. The standard InChI is InChI=1S/C22H20O5/c1-24-18-11-13-22(25-2)20(14-18)21(23)12-10-17-8-9-19(27-17)15-26-16-6-4-3-5-7-16/h3-14H,15H2,1-2H3/b12-10+. The molecule has 0 spiro atoms. The monoisotopic (exact) mass is 364 g/mol. The van der Waals surface area contributed by atoms with E-state index in [1.807, 2.05) is 36.4 Å². The van der Waals surface area contributed by atoms with Crippen LogP contribution in [0, 0.1) is 0 Å². The molecule has 0 bridgehead atoms. The Labute approximate surface area is 157 Å². The van der Waals surface area contributed by atoms with Gasteiger partial charge < -0.3 is 18.6 Å². The molecule has 138 valence electrons. The van der Waals surface area contributed by atoms with Gasteiger partial charge in [0.05, 0.1) is 19.8 Å². The predicted molar refractivity (Wildman–Crippen MR) is 102 cm³/mol. The summed E-state index contributed by atoms with van der Waals surface area (Å²) in [5.41, 5.74) is 0.423. The second kappa shape index (κ2) is 8.76. The van der Waals surface area contributed by atoms with Crippen molar-refractivity contribution in [1.29, 1.82) is 0 Å². The van der Waals surface area contributed by atoms with E-state index < -0.39 is 0 Å². The Morgan fingerprint density at radius 2 is 1.78 bits per heavy atom. The molecule has 1 aromatic heterocycles. The van der Waals surface area contributed by atoms with E-state index in [-0.39, 0.29) is 5.78 Å².